The molecule has 3 unspecified atom stereocenters. The van der Waals surface area contributed by atoms with Gasteiger partial charge in [-0.3, -0.25) is 0 Å². The molecule has 0 saturated heterocycles. The van der Waals surface area contributed by atoms with Crippen LogP contribution in [-0.4, -0.2) is 23.5 Å². The Labute approximate surface area is 92.0 Å². The predicted octanol–water partition coefficient (Wildman–Crippen LogP) is 1.48. The first-order valence-corrected chi connectivity index (χ1v) is 5.90. The summed E-state index contributed by atoms with van der Waals surface area (Å²) in [5.41, 5.74) is 4.13. The molecule has 0 aromatic heterocycles. The molecule has 1 saturated carbocycles. The normalized spacial score (nSPS) is 35.9. The van der Waals surface area contributed by atoms with Gasteiger partial charge >= 0.3 is 0 Å². The number of carbonyl (C=O) groups is 1. The SMILES string of the molecule is CCC1CCCC(CN)(C(C)(O)C=O)C1. The first-order chi connectivity index (χ1) is 7.01. The second-order valence-electron chi connectivity index (χ2n) is 5.12. The van der Waals surface area contributed by atoms with Gasteiger partial charge in [-0.25, -0.2) is 0 Å². The molecule has 3 nitrogen and oxygen atoms in total. The Balaban J connectivity index is 2.88. The van der Waals surface area contributed by atoms with E-state index < -0.39 is 11.0 Å². The van der Waals surface area contributed by atoms with Crippen molar-refractivity contribution in [1.82, 2.24) is 0 Å². The Morgan fingerprint density at radius 2 is 2.33 bits per heavy atom. The predicted molar refractivity (Wildman–Crippen MR) is 60.4 cm³/mol. The molecule has 0 aliphatic heterocycles. The van der Waals surface area contributed by atoms with Crippen LogP contribution in [0.3, 0.4) is 0 Å². The molecule has 0 spiro atoms. The number of aliphatic hydroxyl groups is 1. The Hall–Kier alpha value is -0.410. The molecule has 1 aliphatic rings. The highest BCUT2D eigenvalue weighted by Gasteiger charge is 2.48. The molecule has 3 heteroatoms. The summed E-state index contributed by atoms with van der Waals surface area (Å²) in [6.07, 6.45) is 5.79. The third-order valence-corrected chi connectivity index (χ3v) is 4.22. The number of hydrogen-bond acceptors (Lipinski definition) is 3. The molecular formula is C12H23NO2. The van der Waals surface area contributed by atoms with Crippen molar-refractivity contribution in [2.24, 2.45) is 17.1 Å². The van der Waals surface area contributed by atoms with Gasteiger partial charge in [0.25, 0.3) is 0 Å². The van der Waals surface area contributed by atoms with E-state index in [1.54, 1.807) is 6.92 Å². The Kier molecular flexibility index (Phi) is 3.90. The number of hydrogen-bond donors (Lipinski definition) is 2. The van der Waals surface area contributed by atoms with Gasteiger partial charge in [0.15, 0.2) is 6.29 Å². The van der Waals surface area contributed by atoms with Gasteiger partial charge in [0.1, 0.15) is 5.60 Å². The van der Waals surface area contributed by atoms with Crippen molar-refractivity contribution in [1.29, 1.82) is 0 Å². The molecule has 1 rings (SSSR count). The molecule has 0 bridgehead atoms. The minimum Gasteiger partial charge on any atom is -0.382 e. The zero-order chi connectivity index (χ0) is 11.5. The summed E-state index contributed by atoms with van der Waals surface area (Å²) in [4.78, 5) is 11.0. The second kappa shape index (κ2) is 4.62. The van der Waals surface area contributed by atoms with Gasteiger partial charge in [-0.2, -0.15) is 0 Å². The van der Waals surface area contributed by atoms with Crippen LogP contribution in [0.15, 0.2) is 0 Å². The molecule has 0 aromatic carbocycles. The average molecular weight is 213 g/mol. The number of carbonyl (C=O) groups excluding carboxylic acids is 1. The summed E-state index contributed by atoms with van der Waals surface area (Å²) >= 11 is 0. The molecule has 0 radical (unpaired) electrons. The van der Waals surface area contributed by atoms with Crippen LogP contribution < -0.4 is 5.73 Å². The topological polar surface area (TPSA) is 63.3 Å². The minimum atomic E-state index is -1.27. The molecule has 88 valence electrons. The van der Waals surface area contributed by atoms with Gasteiger partial charge in [-0.1, -0.05) is 26.2 Å². The number of nitrogens with two attached hydrogens (primary N) is 1. The molecular weight excluding hydrogens is 190 g/mol. The third-order valence-electron chi connectivity index (χ3n) is 4.22. The van der Waals surface area contributed by atoms with Crippen molar-refractivity contribution in [3.8, 4) is 0 Å². The van der Waals surface area contributed by atoms with E-state index in [9.17, 15) is 9.90 Å². The van der Waals surface area contributed by atoms with Gasteiger partial charge in [0.2, 0.25) is 0 Å². The zero-order valence-electron chi connectivity index (χ0n) is 9.83. The molecule has 3 atom stereocenters. The molecule has 0 aromatic rings. The molecule has 0 heterocycles. The van der Waals surface area contributed by atoms with Gasteiger partial charge in [-0.15, -0.1) is 0 Å². The van der Waals surface area contributed by atoms with E-state index in [4.69, 9.17) is 5.73 Å². The van der Waals surface area contributed by atoms with Crippen LogP contribution in [0.4, 0.5) is 0 Å². The average Bonchev–Trinajstić information content (AvgIpc) is 2.28. The van der Waals surface area contributed by atoms with Gasteiger partial charge in [0, 0.05) is 12.0 Å². The second-order valence-corrected chi connectivity index (χ2v) is 5.12. The van der Waals surface area contributed by atoms with E-state index in [1.807, 2.05) is 0 Å². The first kappa shape index (κ1) is 12.7. The fourth-order valence-electron chi connectivity index (χ4n) is 2.81. The van der Waals surface area contributed by atoms with Crippen molar-refractivity contribution in [2.75, 3.05) is 6.54 Å². The maximum absolute atomic E-state index is 11.0. The first-order valence-electron chi connectivity index (χ1n) is 5.90. The highest BCUT2D eigenvalue weighted by atomic mass is 16.3. The summed E-state index contributed by atoms with van der Waals surface area (Å²) in [5, 5.41) is 10.2. The van der Waals surface area contributed by atoms with Crippen LogP contribution in [0.5, 0.6) is 0 Å². The zero-order valence-corrected chi connectivity index (χ0v) is 9.83. The van der Waals surface area contributed by atoms with E-state index in [2.05, 4.69) is 6.92 Å². The summed E-state index contributed by atoms with van der Waals surface area (Å²) in [7, 11) is 0. The van der Waals surface area contributed by atoms with Crippen LogP contribution in [0.1, 0.15) is 46.0 Å². The van der Waals surface area contributed by atoms with Crippen LogP contribution in [-0.2, 0) is 4.79 Å². The van der Waals surface area contributed by atoms with Gasteiger partial charge in [-0.05, 0) is 25.7 Å². The van der Waals surface area contributed by atoms with E-state index in [0.717, 1.165) is 25.7 Å². The highest BCUT2D eigenvalue weighted by Crippen LogP contribution is 2.46. The van der Waals surface area contributed by atoms with E-state index >= 15 is 0 Å². The lowest BCUT2D eigenvalue weighted by Crippen LogP contribution is -2.54. The molecule has 1 aliphatic carbocycles. The standard InChI is InChI=1S/C12H23NO2/c1-3-10-5-4-6-12(7-10,8-13)11(2,15)9-14/h9-10,15H,3-8,13H2,1-2H3. The lowest BCUT2D eigenvalue weighted by Gasteiger charge is -2.47. The fraction of sp³-hybridized carbons (Fsp3) is 0.917. The van der Waals surface area contributed by atoms with E-state index in [0.29, 0.717) is 18.7 Å². The molecule has 15 heavy (non-hydrogen) atoms. The number of rotatable bonds is 4. The Bertz CT molecular complexity index is 228. The fourth-order valence-corrected chi connectivity index (χ4v) is 2.81. The number of aldehydes is 1. The molecule has 3 N–H and O–H groups in total. The Morgan fingerprint density at radius 1 is 1.67 bits per heavy atom. The smallest absolute Gasteiger partial charge is 0.151 e. The third kappa shape index (κ3) is 2.23. The molecule has 0 amide bonds. The van der Waals surface area contributed by atoms with Crippen LogP contribution >= 0.6 is 0 Å². The summed E-state index contributed by atoms with van der Waals surface area (Å²) in [6, 6.07) is 0. The van der Waals surface area contributed by atoms with E-state index in [1.165, 1.54) is 6.42 Å². The maximum Gasteiger partial charge on any atom is 0.151 e. The largest absolute Gasteiger partial charge is 0.382 e. The minimum absolute atomic E-state index is 0.395. The van der Waals surface area contributed by atoms with Crippen molar-refractivity contribution >= 4 is 6.29 Å². The van der Waals surface area contributed by atoms with Crippen molar-refractivity contribution < 1.29 is 9.90 Å². The monoisotopic (exact) mass is 213 g/mol. The van der Waals surface area contributed by atoms with Gasteiger partial charge < -0.3 is 15.6 Å². The summed E-state index contributed by atoms with van der Waals surface area (Å²) in [6.45, 7) is 4.16. The maximum atomic E-state index is 11.0. The Morgan fingerprint density at radius 3 is 2.80 bits per heavy atom. The lowest BCUT2D eigenvalue weighted by molar-refractivity contribution is -0.142. The van der Waals surface area contributed by atoms with Crippen molar-refractivity contribution in [3.05, 3.63) is 0 Å². The van der Waals surface area contributed by atoms with Crippen LogP contribution in [0.25, 0.3) is 0 Å². The van der Waals surface area contributed by atoms with E-state index in [-0.39, 0.29) is 0 Å². The highest BCUT2D eigenvalue weighted by molar-refractivity contribution is 5.63. The molecule has 1 fully saturated rings. The summed E-state index contributed by atoms with van der Waals surface area (Å²) < 4.78 is 0. The van der Waals surface area contributed by atoms with Crippen LogP contribution in [0.2, 0.25) is 0 Å². The lowest BCUT2D eigenvalue weighted by atomic mass is 9.61. The summed E-state index contributed by atoms with van der Waals surface area (Å²) in [5.74, 6) is 0.605. The van der Waals surface area contributed by atoms with Crippen LogP contribution in [0, 0.1) is 11.3 Å². The quantitative estimate of drug-likeness (QED) is 0.695. The van der Waals surface area contributed by atoms with Crippen molar-refractivity contribution in [2.45, 2.75) is 51.6 Å². The van der Waals surface area contributed by atoms with Gasteiger partial charge in [0.05, 0.1) is 0 Å². The van der Waals surface area contributed by atoms with Crippen molar-refractivity contribution in [3.63, 3.8) is 0 Å².